The van der Waals surface area contributed by atoms with Crippen LogP contribution in [0.15, 0.2) is 24.3 Å². The monoisotopic (exact) mass is 380 g/mol. The Bertz CT molecular complexity index is 593. The van der Waals surface area contributed by atoms with Crippen LogP contribution in [0, 0.1) is 0 Å². The molecule has 2 rings (SSSR count). The third-order valence-electron chi connectivity index (χ3n) is 4.25. The van der Waals surface area contributed by atoms with E-state index in [1.165, 1.54) is 5.69 Å². The third-order valence-corrected chi connectivity index (χ3v) is 5.83. The highest BCUT2D eigenvalue weighted by atomic mass is 32.2. The molecule has 1 aromatic carbocycles. The minimum absolute atomic E-state index is 0.0249. The molecule has 1 heterocycles. The maximum Gasteiger partial charge on any atom is 0.224 e. The average Bonchev–Trinajstić information content (AvgIpc) is 2.62. The Morgan fingerprint density at radius 3 is 2.42 bits per heavy atom. The van der Waals surface area contributed by atoms with Gasteiger partial charge in [0.1, 0.15) is 0 Å². The molecule has 0 saturated carbocycles. The van der Waals surface area contributed by atoms with Gasteiger partial charge < -0.3 is 15.5 Å². The predicted octanol–water partition coefficient (Wildman–Crippen LogP) is 2.26. The van der Waals surface area contributed by atoms with Gasteiger partial charge in [0.15, 0.2) is 0 Å². The molecule has 1 aromatic rings. The molecule has 0 aliphatic carbocycles. The first kappa shape index (κ1) is 20.9. The highest BCUT2D eigenvalue weighted by Crippen LogP contribution is 2.18. The van der Waals surface area contributed by atoms with Crippen molar-refractivity contribution in [2.24, 2.45) is 0 Å². The van der Waals surface area contributed by atoms with Crippen LogP contribution in [0.5, 0.6) is 0 Å². The number of nitrogens with one attached hydrogen (secondary N) is 3. The van der Waals surface area contributed by atoms with E-state index in [9.17, 15) is 9.00 Å². The SMILES string of the molecule is CC(C)(C)S(=O)NCCCCC(=O)Nc1ccc(N2CCNCC2)cc1. The summed E-state index contributed by atoms with van der Waals surface area (Å²) >= 11 is 0. The van der Waals surface area contributed by atoms with E-state index in [2.05, 4.69) is 32.4 Å². The lowest BCUT2D eigenvalue weighted by atomic mass is 10.2. The van der Waals surface area contributed by atoms with Gasteiger partial charge in [-0.15, -0.1) is 0 Å². The lowest BCUT2D eigenvalue weighted by Gasteiger charge is -2.29. The normalized spacial score (nSPS) is 16.3. The minimum Gasteiger partial charge on any atom is -0.369 e. The van der Waals surface area contributed by atoms with Crippen molar-refractivity contribution < 1.29 is 9.00 Å². The van der Waals surface area contributed by atoms with Crippen molar-refractivity contribution in [2.75, 3.05) is 42.9 Å². The van der Waals surface area contributed by atoms with Gasteiger partial charge in [-0.1, -0.05) is 0 Å². The number of carbonyl (C=O) groups is 1. The van der Waals surface area contributed by atoms with E-state index in [1.807, 2.05) is 32.9 Å². The molecule has 0 aromatic heterocycles. The van der Waals surface area contributed by atoms with Crippen molar-refractivity contribution in [3.8, 4) is 0 Å². The van der Waals surface area contributed by atoms with Crippen LogP contribution in [0.3, 0.4) is 0 Å². The fourth-order valence-corrected chi connectivity index (χ4v) is 3.46. The summed E-state index contributed by atoms with van der Waals surface area (Å²) in [5.41, 5.74) is 2.03. The topological polar surface area (TPSA) is 73.5 Å². The Labute approximate surface area is 159 Å². The molecule has 1 fully saturated rings. The van der Waals surface area contributed by atoms with Crippen molar-refractivity contribution in [3.05, 3.63) is 24.3 Å². The van der Waals surface area contributed by atoms with E-state index in [0.29, 0.717) is 13.0 Å². The molecule has 0 bridgehead atoms. The lowest BCUT2D eigenvalue weighted by Crippen LogP contribution is -2.43. The summed E-state index contributed by atoms with van der Waals surface area (Å²) in [6.07, 6.45) is 2.08. The third kappa shape index (κ3) is 7.05. The van der Waals surface area contributed by atoms with Gasteiger partial charge in [0.05, 0.1) is 15.7 Å². The molecule has 1 atom stereocenters. The zero-order valence-electron chi connectivity index (χ0n) is 16.1. The number of hydrogen-bond acceptors (Lipinski definition) is 4. The van der Waals surface area contributed by atoms with E-state index in [1.54, 1.807) is 0 Å². The zero-order valence-corrected chi connectivity index (χ0v) is 17.0. The quantitative estimate of drug-likeness (QED) is 0.605. The number of hydrogen-bond donors (Lipinski definition) is 3. The standard InChI is InChI=1S/C19H32N4O2S/c1-19(2,3)26(25)21-11-5-4-6-18(24)22-16-7-9-17(10-8-16)23-14-12-20-13-15-23/h7-10,20-21H,4-6,11-15H2,1-3H3,(H,22,24). The number of amides is 1. The molecule has 146 valence electrons. The molecule has 1 amide bonds. The fraction of sp³-hybridized carbons (Fsp3) is 0.632. The molecule has 26 heavy (non-hydrogen) atoms. The molecule has 3 N–H and O–H groups in total. The molecule has 6 nitrogen and oxygen atoms in total. The molecule has 1 saturated heterocycles. The maximum atomic E-state index is 12.0. The Balaban J connectivity index is 1.65. The van der Waals surface area contributed by atoms with Crippen molar-refractivity contribution >= 4 is 28.3 Å². The highest BCUT2D eigenvalue weighted by Gasteiger charge is 2.18. The van der Waals surface area contributed by atoms with Gasteiger partial charge >= 0.3 is 0 Å². The first-order valence-corrected chi connectivity index (χ1v) is 10.5. The van der Waals surface area contributed by atoms with Crippen LogP contribution in [-0.4, -0.2) is 47.6 Å². The van der Waals surface area contributed by atoms with Crippen LogP contribution in [0.2, 0.25) is 0 Å². The van der Waals surface area contributed by atoms with Gasteiger partial charge in [-0.05, 0) is 57.9 Å². The number of benzene rings is 1. The molecule has 1 aliphatic heterocycles. The van der Waals surface area contributed by atoms with Crippen molar-refractivity contribution in [1.29, 1.82) is 0 Å². The second-order valence-electron chi connectivity index (χ2n) is 7.56. The van der Waals surface area contributed by atoms with E-state index in [-0.39, 0.29) is 10.7 Å². The minimum atomic E-state index is -1.05. The van der Waals surface area contributed by atoms with Crippen LogP contribution < -0.4 is 20.3 Å². The Morgan fingerprint density at radius 2 is 1.81 bits per heavy atom. The van der Waals surface area contributed by atoms with Gasteiger partial charge in [-0.2, -0.15) is 0 Å². The summed E-state index contributed by atoms with van der Waals surface area (Å²) in [6, 6.07) is 8.05. The maximum absolute atomic E-state index is 12.0. The van der Waals surface area contributed by atoms with Crippen LogP contribution in [0.4, 0.5) is 11.4 Å². The summed E-state index contributed by atoms with van der Waals surface area (Å²) in [5, 5.41) is 6.29. The second kappa shape index (κ2) is 10.0. The van der Waals surface area contributed by atoms with E-state index >= 15 is 0 Å². The number of anilines is 2. The molecule has 0 spiro atoms. The van der Waals surface area contributed by atoms with E-state index in [4.69, 9.17) is 0 Å². The number of unbranched alkanes of at least 4 members (excludes halogenated alkanes) is 1. The number of carbonyl (C=O) groups excluding carboxylic acids is 1. The molecular formula is C19H32N4O2S. The van der Waals surface area contributed by atoms with E-state index < -0.39 is 11.0 Å². The number of piperazine rings is 1. The van der Waals surface area contributed by atoms with E-state index in [0.717, 1.165) is 44.7 Å². The summed E-state index contributed by atoms with van der Waals surface area (Å²) in [4.78, 5) is 14.4. The summed E-state index contributed by atoms with van der Waals surface area (Å²) in [7, 11) is -1.05. The fourth-order valence-electron chi connectivity index (χ4n) is 2.69. The van der Waals surface area contributed by atoms with Crippen molar-refractivity contribution in [1.82, 2.24) is 10.0 Å². The Kier molecular flexibility index (Phi) is 8.06. The van der Waals surface area contributed by atoms with Crippen molar-refractivity contribution in [3.63, 3.8) is 0 Å². The lowest BCUT2D eigenvalue weighted by molar-refractivity contribution is -0.116. The average molecular weight is 381 g/mol. The van der Waals surface area contributed by atoms with Gasteiger partial charge in [-0.3, -0.25) is 4.79 Å². The van der Waals surface area contributed by atoms with Crippen LogP contribution in [-0.2, 0) is 15.8 Å². The molecule has 1 aliphatic rings. The number of nitrogens with zero attached hydrogens (tertiary/aromatic N) is 1. The first-order valence-electron chi connectivity index (χ1n) is 9.37. The van der Waals surface area contributed by atoms with Gasteiger partial charge in [0, 0.05) is 50.5 Å². The van der Waals surface area contributed by atoms with Gasteiger partial charge in [0.2, 0.25) is 5.91 Å². The zero-order chi connectivity index (χ0) is 19.0. The smallest absolute Gasteiger partial charge is 0.224 e. The summed E-state index contributed by atoms with van der Waals surface area (Å²) in [6.45, 7) is 10.5. The van der Waals surface area contributed by atoms with Crippen LogP contribution in [0.25, 0.3) is 0 Å². The Hall–Kier alpha value is -1.44. The first-order chi connectivity index (χ1) is 12.4. The van der Waals surface area contributed by atoms with Gasteiger partial charge in [-0.25, -0.2) is 8.93 Å². The summed E-state index contributed by atoms with van der Waals surface area (Å²) in [5.74, 6) is 0.0249. The molecular weight excluding hydrogens is 348 g/mol. The number of rotatable bonds is 8. The van der Waals surface area contributed by atoms with Crippen molar-refractivity contribution in [2.45, 2.75) is 44.8 Å². The molecule has 0 radical (unpaired) electrons. The second-order valence-corrected chi connectivity index (χ2v) is 9.62. The van der Waals surface area contributed by atoms with Crippen LogP contribution in [0.1, 0.15) is 40.0 Å². The summed E-state index contributed by atoms with van der Waals surface area (Å²) < 4.78 is 14.6. The molecule has 1 unspecified atom stereocenters. The largest absolute Gasteiger partial charge is 0.369 e. The highest BCUT2D eigenvalue weighted by molar-refractivity contribution is 7.84. The van der Waals surface area contributed by atoms with Gasteiger partial charge in [0.25, 0.3) is 0 Å². The molecule has 7 heteroatoms. The van der Waals surface area contributed by atoms with Crippen LogP contribution >= 0.6 is 0 Å². The predicted molar refractivity (Wildman–Crippen MR) is 110 cm³/mol. The Morgan fingerprint density at radius 1 is 1.15 bits per heavy atom.